The number of anilines is 1. The monoisotopic (exact) mass is 440 g/mol. The number of methoxy groups -OCH3 is 3. The van der Waals surface area contributed by atoms with E-state index >= 15 is 0 Å². The molecule has 0 atom stereocenters. The Morgan fingerprint density at radius 1 is 1.00 bits per heavy atom. The van der Waals surface area contributed by atoms with Crippen LogP contribution in [-0.4, -0.2) is 51.4 Å². The zero-order chi connectivity index (χ0) is 23.3. The lowest BCUT2D eigenvalue weighted by Gasteiger charge is -2.13. The molecule has 0 spiro atoms. The minimum atomic E-state index is -0.613. The Bertz CT molecular complexity index is 1220. The molecule has 0 radical (unpaired) electrons. The molecule has 168 valence electrons. The molecule has 9 heteroatoms. The number of hydrogen-bond donors (Lipinski definition) is 2. The molecular formula is C23H24N2O7. The van der Waals surface area contributed by atoms with Crippen molar-refractivity contribution in [3.63, 3.8) is 0 Å². The summed E-state index contributed by atoms with van der Waals surface area (Å²) in [5.74, 6) is -0.244. The zero-order valence-electron chi connectivity index (χ0n) is 18.2. The number of amides is 1. The normalized spacial score (nSPS) is 10.6. The highest BCUT2D eigenvalue weighted by Gasteiger charge is 2.17. The number of rotatable bonds is 8. The smallest absolute Gasteiger partial charge is 0.337 e. The van der Waals surface area contributed by atoms with Crippen molar-refractivity contribution < 1.29 is 28.5 Å². The summed E-state index contributed by atoms with van der Waals surface area (Å²) in [7, 11) is 4.34. The molecule has 1 aromatic heterocycles. The Hall–Kier alpha value is -3.85. The third kappa shape index (κ3) is 4.89. The number of aromatic amines is 1. The number of H-pyrrole nitrogens is 1. The molecule has 1 heterocycles. The van der Waals surface area contributed by atoms with Crippen LogP contribution in [0.15, 0.2) is 41.2 Å². The minimum Gasteiger partial charge on any atom is -0.493 e. The Morgan fingerprint density at radius 2 is 1.78 bits per heavy atom. The number of benzene rings is 2. The van der Waals surface area contributed by atoms with E-state index < -0.39 is 17.4 Å². The summed E-state index contributed by atoms with van der Waals surface area (Å²) in [5, 5.41) is 3.28. The molecule has 0 unspecified atom stereocenters. The molecule has 1 amide bonds. The van der Waals surface area contributed by atoms with Gasteiger partial charge in [-0.2, -0.15) is 0 Å². The lowest BCUT2D eigenvalue weighted by molar-refractivity contribution is 0.0600. The fraction of sp³-hybridized carbons (Fsp3) is 0.261. The highest BCUT2D eigenvalue weighted by molar-refractivity contribution is 6.06. The Labute approximate surface area is 184 Å². The van der Waals surface area contributed by atoms with Crippen LogP contribution in [0.3, 0.4) is 0 Å². The van der Waals surface area contributed by atoms with Gasteiger partial charge in [0.25, 0.3) is 11.5 Å². The summed E-state index contributed by atoms with van der Waals surface area (Å²) in [6, 6.07) is 9.57. The van der Waals surface area contributed by atoms with Crippen molar-refractivity contribution in [1.82, 2.24) is 4.98 Å². The quantitative estimate of drug-likeness (QED) is 0.409. The molecule has 0 fully saturated rings. The van der Waals surface area contributed by atoms with E-state index in [1.54, 1.807) is 38.3 Å². The van der Waals surface area contributed by atoms with Gasteiger partial charge in [0.05, 0.1) is 31.9 Å². The number of carbonyl (C=O) groups excluding carboxylic acids is 2. The van der Waals surface area contributed by atoms with Crippen LogP contribution in [0.4, 0.5) is 5.69 Å². The topological polar surface area (TPSA) is 116 Å². The van der Waals surface area contributed by atoms with E-state index in [1.165, 1.54) is 26.4 Å². The zero-order valence-corrected chi connectivity index (χ0v) is 18.2. The highest BCUT2D eigenvalue weighted by atomic mass is 16.5. The highest BCUT2D eigenvalue weighted by Crippen LogP contribution is 2.31. The van der Waals surface area contributed by atoms with Gasteiger partial charge in [0.2, 0.25) is 0 Å². The van der Waals surface area contributed by atoms with E-state index in [-0.39, 0.29) is 11.1 Å². The second-order valence-corrected chi connectivity index (χ2v) is 6.92. The molecule has 3 aromatic rings. The van der Waals surface area contributed by atoms with E-state index in [9.17, 15) is 14.4 Å². The molecule has 0 aliphatic carbocycles. The number of pyridine rings is 1. The second kappa shape index (κ2) is 9.97. The van der Waals surface area contributed by atoms with Gasteiger partial charge < -0.3 is 29.2 Å². The average molecular weight is 440 g/mol. The van der Waals surface area contributed by atoms with Gasteiger partial charge in [0.15, 0.2) is 11.5 Å². The van der Waals surface area contributed by atoms with Gasteiger partial charge in [-0.25, -0.2) is 4.79 Å². The second-order valence-electron chi connectivity index (χ2n) is 6.92. The van der Waals surface area contributed by atoms with Gasteiger partial charge in [-0.15, -0.1) is 0 Å². The third-order valence-electron chi connectivity index (χ3n) is 4.82. The molecule has 9 nitrogen and oxygen atoms in total. The SMILES string of the molecule is COCCOc1cc2[nH]c(=O)c(C(=O)Nc3cc(C(=O)OC)ccc3C)cc2cc1OC. The van der Waals surface area contributed by atoms with Gasteiger partial charge in [0, 0.05) is 24.2 Å². The maximum atomic E-state index is 12.9. The van der Waals surface area contributed by atoms with Crippen LogP contribution < -0.4 is 20.3 Å². The first-order valence-corrected chi connectivity index (χ1v) is 9.75. The van der Waals surface area contributed by atoms with E-state index in [4.69, 9.17) is 18.9 Å². The van der Waals surface area contributed by atoms with E-state index in [0.717, 1.165) is 5.56 Å². The number of aromatic nitrogens is 1. The largest absolute Gasteiger partial charge is 0.493 e. The van der Waals surface area contributed by atoms with Crippen LogP contribution >= 0.6 is 0 Å². The summed E-state index contributed by atoms with van der Waals surface area (Å²) >= 11 is 0. The maximum absolute atomic E-state index is 12.9. The number of fused-ring (bicyclic) bond motifs is 1. The average Bonchev–Trinajstić information content (AvgIpc) is 2.79. The van der Waals surface area contributed by atoms with Gasteiger partial charge in [-0.05, 0) is 36.8 Å². The van der Waals surface area contributed by atoms with Crippen molar-refractivity contribution in [2.24, 2.45) is 0 Å². The van der Waals surface area contributed by atoms with Crippen molar-refractivity contribution >= 4 is 28.5 Å². The molecular weight excluding hydrogens is 416 g/mol. The number of hydrogen-bond acceptors (Lipinski definition) is 7. The first kappa shape index (κ1) is 22.8. The molecule has 0 bridgehead atoms. The standard InChI is InChI=1S/C23H24N2O7/c1-13-5-6-14(23(28)31-4)10-17(13)24-21(26)16-9-15-11-19(30-3)20(32-8-7-29-2)12-18(15)25-22(16)27/h5-6,9-12H,7-8H2,1-4H3,(H,24,26)(H,25,27). The summed E-state index contributed by atoms with van der Waals surface area (Å²) in [6.07, 6.45) is 0. The van der Waals surface area contributed by atoms with E-state index in [2.05, 4.69) is 10.3 Å². The first-order valence-electron chi connectivity index (χ1n) is 9.75. The summed E-state index contributed by atoms with van der Waals surface area (Å²) in [6.45, 7) is 2.48. The van der Waals surface area contributed by atoms with E-state index in [1.807, 2.05) is 0 Å². The van der Waals surface area contributed by atoms with Crippen LogP contribution in [0.5, 0.6) is 11.5 Å². The number of nitrogens with one attached hydrogen (secondary N) is 2. The van der Waals surface area contributed by atoms with Crippen LogP contribution in [0.2, 0.25) is 0 Å². The molecule has 3 rings (SSSR count). The van der Waals surface area contributed by atoms with Crippen molar-refractivity contribution in [3.05, 3.63) is 63.4 Å². The Kier molecular flexibility index (Phi) is 7.11. The van der Waals surface area contributed by atoms with Gasteiger partial charge >= 0.3 is 5.97 Å². The lowest BCUT2D eigenvalue weighted by Crippen LogP contribution is -2.23. The Morgan fingerprint density at radius 3 is 2.47 bits per heavy atom. The predicted molar refractivity (Wildman–Crippen MR) is 119 cm³/mol. The molecule has 2 aromatic carbocycles. The molecule has 0 aliphatic rings. The molecule has 2 N–H and O–H groups in total. The minimum absolute atomic E-state index is 0.0875. The van der Waals surface area contributed by atoms with Crippen molar-refractivity contribution in [1.29, 1.82) is 0 Å². The van der Waals surface area contributed by atoms with Gasteiger partial charge in [0.1, 0.15) is 12.2 Å². The fourth-order valence-electron chi connectivity index (χ4n) is 3.08. The predicted octanol–water partition coefficient (Wildman–Crippen LogP) is 2.91. The van der Waals surface area contributed by atoms with Gasteiger partial charge in [-0.1, -0.05) is 6.07 Å². The third-order valence-corrected chi connectivity index (χ3v) is 4.82. The number of carbonyl (C=O) groups is 2. The van der Waals surface area contributed by atoms with Crippen molar-refractivity contribution in [3.8, 4) is 11.5 Å². The molecule has 32 heavy (non-hydrogen) atoms. The molecule has 0 saturated heterocycles. The van der Waals surface area contributed by atoms with Gasteiger partial charge in [-0.3, -0.25) is 9.59 Å². The summed E-state index contributed by atoms with van der Waals surface area (Å²) in [5.41, 5.74) is 1.25. The van der Waals surface area contributed by atoms with Crippen LogP contribution in [0.25, 0.3) is 10.9 Å². The van der Waals surface area contributed by atoms with Crippen LogP contribution in [0, 0.1) is 6.92 Å². The fourth-order valence-corrected chi connectivity index (χ4v) is 3.08. The van der Waals surface area contributed by atoms with Crippen LogP contribution in [0.1, 0.15) is 26.3 Å². The first-order chi connectivity index (χ1) is 15.4. The molecule has 0 saturated carbocycles. The number of aryl methyl sites for hydroxylation is 1. The maximum Gasteiger partial charge on any atom is 0.337 e. The van der Waals surface area contributed by atoms with Crippen LogP contribution in [-0.2, 0) is 9.47 Å². The van der Waals surface area contributed by atoms with Crippen molar-refractivity contribution in [2.75, 3.05) is 39.9 Å². The lowest BCUT2D eigenvalue weighted by atomic mass is 10.1. The number of esters is 1. The van der Waals surface area contributed by atoms with Crippen molar-refractivity contribution in [2.45, 2.75) is 6.92 Å². The summed E-state index contributed by atoms with van der Waals surface area (Å²) < 4.78 is 20.7. The van der Waals surface area contributed by atoms with E-state index in [0.29, 0.717) is 41.3 Å². The summed E-state index contributed by atoms with van der Waals surface area (Å²) in [4.78, 5) is 40.0. The molecule has 0 aliphatic heterocycles. The Balaban J connectivity index is 1.94. The number of ether oxygens (including phenoxy) is 4.